The van der Waals surface area contributed by atoms with E-state index in [1.54, 1.807) is 30.3 Å². The van der Waals surface area contributed by atoms with E-state index < -0.39 is 15.7 Å². The zero-order valence-electron chi connectivity index (χ0n) is 21.7. The van der Waals surface area contributed by atoms with Gasteiger partial charge in [-0.15, -0.1) is 0 Å². The van der Waals surface area contributed by atoms with Gasteiger partial charge in [0.1, 0.15) is 0 Å². The van der Waals surface area contributed by atoms with Crippen LogP contribution in [0, 0.1) is 0 Å². The first-order valence-electron chi connectivity index (χ1n) is 12.9. The summed E-state index contributed by atoms with van der Waals surface area (Å²) >= 11 is 6.18. The van der Waals surface area contributed by atoms with Crippen LogP contribution in [-0.4, -0.2) is 46.9 Å². The van der Waals surface area contributed by atoms with Crippen molar-refractivity contribution >= 4 is 38.9 Å². The van der Waals surface area contributed by atoms with Crippen molar-refractivity contribution in [2.45, 2.75) is 42.5 Å². The molecule has 4 rings (SSSR count). The average molecular weight is 555 g/mol. The minimum Gasteiger partial charge on any atom is -0.352 e. The number of carbonyl (C=O) groups excluding carboxylic acids is 2. The van der Waals surface area contributed by atoms with Crippen LogP contribution in [0.15, 0.2) is 76.5 Å². The van der Waals surface area contributed by atoms with Crippen LogP contribution in [-0.2, 0) is 16.4 Å². The number of anilines is 1. The van der Waals surface area contributed by atoms with Crippen molar-refractivity contribution < 1.29 is 22.9 Å². The van der Waals surface area contributed by atoms with Crippen LogP contribution in [0.25, 0.3) is 0 Å². The molecule has 0 fully saturated rings. The van der Waals surface area contributed by atoms with Gasteiger partial charge < -0.3 is 15.1 Å². The maximum Gasteiger partial charge on any atom is 0.259 e. The summed E-state index contributed by atoms with van der Waals surface area (Å²) in [5.41, 5.74) is 1.28. The van der Waals surface area contributed by atoms with Crippen LogP contribution in [0.4, 0.5) is 5.69 Å². The molecule has 7 nitrogen and oxygen atoms in total. The molecule has 1 aliphatic heterocycles. The van der Waals surface area contributed by atoms with E-state index in [4.69, 9.17) is 11.6 Å². The largest absolute Gasteiger partial charge is 0.352 e. The minimum atomic E-state index is -4.01. The summed E-state index contributed by atoms with van der Waals surface area (Å²) in [5.74, 6) is -0.771. The van der Waals surface area contributed by atoms with Gasteiger partial charge in [-0.1, -0.05) is 49.2 Å². The number of hydrogen-bond acceptors (Lipinski definition) is 4. The summed E-state index contributed by atoms with van der Waals surface area (Å²) in [6, 6.07) is 17.7. The highest BCUT2D eigenvalue weighted by atomic mass is 35.5. The summed E-state index contributed by atoms with van der Waals surface area (Å²) < 4.78 is 27.3. The molecular weight excluding hydrogens is 522 g/mol. The number of rotatable bonds is 10. The van der Waals surface area contributed by atoms with E-state index in [-0.39, 0.29) is 33.5 Å². The maximum absolute atomic E-state index is 13.7. The van der Waals surface area contributed by atoms with Gasteiger partial charge in [0.2, 0.25) is 9.84 Å². The highest BCUT2D eigenvalue weighted by Crippen LogP contribution is 2.38. The zero-order chi connectivity index (χ0) is 27.3. The Morgan fingerprint density at radius 2 is 1.74 bits per heavy atom. The van der Waals surface area contributed by atoms with Crippen LogP contribution in [0.5, 0.6) is 0 Å². The lowest BCUT2D eigenvalue weighted by molar-refractivity contribution is -0.879. The molecule has 3 aromatic rings. The number of halogens is 1. The van der Waals surface area contributed by atoms with Gasteiger partial charge in [0, 0.05) is 23.6 Å². The molecule has 0 bridgehead atoms. The highest BCUT2D eigenvalue weighted by molar-refractivity contribution is 7.91. The van der Waals surface area contributed by atoms with Crippen molar-refractivity contribution in [1.82, 2.24) is 5.32 Å². The number of sulfone groups is 1. The van der Waals surface area contributed by atoms with Crippen molar-refractivity contribution in [3.63, 3.8) is 0 Å². The molecule has 1 aliphatic rings. The van der Waals surface area contributed by atoms with E-state index in [2.05, 4.69) is 19.3 Å². The molecule has 0 saturated heterocycles. The van der Waals surface area contributed by atoms with Gasteiger partial charge in [-0.05, 0) is 54.4 Å². The summed E-state index contributed by atoms with van der Waals surface area (Å²) in [5, 5.41) is 3.44. The lowest BCUT2D eigenvalue weighted by Crippen LogP contribution is -3.09. The van der Waals surface area contributed by atoms with Gasteiger partial charge in [0.25, 0.3) is 11.8 Å². The van der Waals surface area contributed by atoms with Crippen molar-refractivity contribution in [2.75, 3.05) is 31.6 Å². The molecule has 0 radical (unpaired) electrons. The predicted octanol–water partition coefficient (Wildman–Crippen LogP) is 3.77. The predicted molar refractivity (Wildman–Crippen MR) is 149 cm³/mol. The highest BCUT2D eigenvalue weighted by Gasteiger charge is 2.36. The SMILES string of the molecule is CCCC[NH+](C)CCCNC(=O)c1ccc2c(c1)N(Cc1cccc(Cl)c1)C(=O)c1ccccc1S2(=O)=O. The Balaban J connectivity index is 1.65. The molecule has 2 N–H and O–H groups in total. The van der Waals surface area contributed by atoms with Crippen LogP contribution >= 0.6 is 11.6 Å². The van der Waals surface area contributed by atoms with Crippen LogP contribution in [0.2, 0.25) is 5.02 Å². The fourth-order valence-corrected chi connectivity index (χ4v) is 6.46. The smallest absolute Gasteiger partial charge is 0.259 e. The third-order valence-corrected chi connectivity index (χ3v) is 8.80. The number of hydrogen-bond donors (Lipinski definition) is 2. The zero-order valence-corrected chi connectivity index (χ0v) is 23.2. The van der Waals surface area contributed by atoms with Gasteiger partial charge in [-0.3, -0.25) is 9.59 Å². The molecular formula is C29H33ClN3O4S+. The van der Waals surface area contributed by atoms with Crippen LogP contribution < -0.4 is 15.1 Å². The van der Waals surface area contributed by atoms with Crippen molar-refractivity contribution in [1.29, 1.82) is 0 Å². The first kappa shape index (κ1) is 27.8. The number of amides is 2. The van der Waals surface area contributed by atoms with Crippen molar-refractivity contribution in [3.8, 4) is 0 Å². The van der Waals surface area contributed by atoms with E-state index in [1.807, 2.05) is 6.07 Å². The quantitative estimate of drug-likeness (QED) is 0.374. The number of carbonyl (C=O) groups is 2. The second kappa shape index (κ2) is 12.1. The molecule has 9 heteroatoms. The van der Waals surface area contributed by atoms with Gasteiger partial charge >= 0.3 is 0 Å². The number of benzene rings is 3. The number of unbranched alkanes of at least 4 members (excludes halogenated alkanes) is 1. The molecule has 2 amide bonds. The Labute approximate surface area is 229 Å². The third kappa shape index (κ3) is 6.09. The van der Waals surface area contributed by atoms with E-state index in [9.17, 15) is 18.0 Å². The first-order valence-corrected chi connectivity index (χ1v) is 14.7. The van der Waals surface area contributed by atoms with E-state index in [0.29, 0.717) is 17.1 Å². The lowest BCUT2D eigenvalue weighted by atomic mass is 10.1. The molecule has 0 aromatic heterocycles. The van der Waals surface area contributed by atoms with Crippen LogP contribution in [0.1, 0.15) is 52.5 Å². The number of quaternary nitrogens is 1. The van der Waals surface area contributed by atoms with Crippen molar-refractivity contribution in [3.05, 3.63) is 88.4 Å². The topological polar surface area (TPSA) is 88.0 Å². The fraction of sp³-hybridized carbons (Fsp3) is 0.310. The van der Waals surface area contributed by atoms with E-state index in [0.717, 1.165) is 31.5 Å². The Morgan fingerprint density at radius 1 is 0.974 bits per heavy atom. The van der Waals surface area contributed by atoms with Gasteiger partial charge in [0.15, 0.2) is 0 Å². The summed E-state index contributed by atoms with van der Waals surface area (Å²) in [4.78, 5) is 29.5. The molecule has 1 unspecified atom stereocenters. The Hall–Kier alpha value is -3.20. The average Bonchev–Trinajstić information content (AvgIpc) is 2.98. The molecule has 38 heavy (non-hydrogen) atoms. The summed E-state index contributed by atoms with van der Waals surface area (Å²) in [6.45, 7) is 4.82. The normalized spacial score (nSPS) is 14.8. The minimum absolute atomic E-state index is 0.0180. The molecule has 200 valence electrons. The van der Waals surface area contributed by atoms with E-state index >= 15 is 0 Å². The summed E-state index contributed by atoms with van der Waals surface area (Å²) in [6.07, 6.45) is 3.16. The van der Waals surface area contributed by atoms with Gasteiger partial charge in [0.05, 0.1) is 47.7 Å². The van der Waals surface area contributed by atoms with Gasteiger partial charge in [-0.2, -0.15) is 0 Å². The van der Waals surface area contributed by atoms with Crippen LogP contribution in [0.3, 0.4) is 0 Å². The number of nitrogens with one attached hydrogen (secondary N) is 2. The lowest BCUT2D eigenvalue weighted by Gasteiger charge is -2.23. The molecule has 0 aliphatic carbocycles. The number of nitrogens with zero attached hydrogens (tertiary/aromatic N) is 1. The Morgan fingerprint density at radius 3 is 2.50 bits per heavy atom. The Kier molecular flexibility index (Phi) is 8.87. The first-order chi connectivity index (χ1) is 18.2. The summed E-state index contributed by atoms with van der Waals surface area (Å²) in [7, 11) is -1.86. The molecule has 0 spiro atoms. The third-order valence-electron chi connectivity index (χ3n) is 6.71. The maximum atomic E-state index is 13.7. The molecule has 1 heterocycles. The Bertz CT molecular complexity index is 1440. The molecule has 0 saturated carbocycles. The molecule has 3 aromatic carbocycles. The molecule has 1 atom stereocenters. The van der Waals surface area contributed by atoms with Crippen molar-refractivity contribution in [2.24, 2.45) is 0 Å². The van der Waals surface area contributed by atoms with E-state index in [1.165, 1.54) is 46.6 Å². The van der Waals surface area contributed by atoms with Gasteiger partial charge in [-0.25, -0.2) is 8.42 Å². The second-order valence-electron chi connectivity index (χ2n) is 9.62. The monoisotopic (exact) mass is 554 g/mol. The number of fused-ring (bicyclic) bond motifs is 2. The fourth-order valence-electron chi connectivity index (χ4n) is 4.62. The standard InChI is InChI=1S/C29H32ClN3O4S/c1-3-4-16-32(2)17-8-15-31-28(34)22-13-14-27-25(19-22)33(20-21-9-7-10-23(30)18-21)29(35)24-11-5-6-12-26(24)38(27,36)37/h5-7,9-14,18-19H,3-4,8,15-17,20H2,1-2H3,(H,31,34)/p+1. The second-order valence-corrected chi connectivity index (χ2v) is 11.9.